The number of amides is 1. The monoisotopic (exact) mass is 428 g/mol. The first-order valence-corrected chi connectivity index (χ1v) is 10.5. The summed E-state index contributed by atoms with van der Waals surface area (Å²) in [5.74, 6) is -0.249. The van der Waals surface area contributed by atoms with Crippen molar-refractivity contribution in [3.8, 4) is 11.1 Å². The lowest BCUT2D eigenvalue weighted by molar-refractivity contribution is -0.137. The second kappa shape index (κ2) is 7.37. The van der Waals surface area contributed by atoms with Crippen LogP contribution in [-0.2, 0) is 6.18 Å². The third-order valence-electron chi connectivity index (χ3n) is 6.73. The van der Waals surface area contributed by atoms with Crippen molar-refractivity contribution in [1.82, 2.24) is 20.4 Å². The molecule has 5 rings (SSSR count). The van der Waals surface area contributed by atoms with E-state index in [1.807, 2.05) is 0 Å². The summed E-state index contributed by atoms with van der Waals surface area (Å²) in [4.78, 5) is 15.4. The van der Waals surface area contributed by atoms with Gasteiger partial charge in [0.15, 0.2) is 5.69 Å². The minimum Gasteiger partial charge on any atom is -0.348 e. The summed E-state index contributed by atoms with van der Waals surface area (Å²) in [6.07, 6.45) is -0.222. The summed E-state index contributed by atoms with van der Waals surface area (Å²) < 4.78 is 39.3. The molecule has 31 heavy (non-hydrogen) atoms. The van der Waals surface area contributed by atoms with Gasteiger partial charge in [0.25, 0.3) is 5.91 Å². The van der Waals surface area contributed by atoms with E-state index in [-0.39, 0.29) is 17.6 Å². The normalized spacial score (nSPS) is 23.9. The summed E-state index contributed by atoms with van der Waals surface area (Å²) in [6, 6.07) is 11.5. The van der Waals surface area contributed by atoms with E-state index in [1.165, 1.54) is 18.9 Å². The van der Waals surface area contributed by atoms with Crippen LogP contribution in [0.25, 0.3) is 22.0 Å². The van der Waals surface area contributed by atoms with E-state index in [0.717, 1.165) is 25.0 Å². The zero-order chi connectivity index (χ0) is 21.8. The molecular weight excluding hydrogens is 405 g/mol. The van der Waals surface area contributed by atoms with Crippen LogP contribution in [0.3, 0.4) is 0 Å². The summed E-state index contributed by atoms with van der Waals surface area (Å²) in [5, 5.41) is 10.8. The standard InChI is InChI=1S/C23H23F3N4O/c1-30-17-6-7-18(30)12-16(11-17)27-22(31)21-19-10-14(5-8-20(19)28-29-21)13-3-2-4-15(9-13)23(24,25)26/h2-5,8-10,16-18H,6-7,11-12H2,1H3,(H,27,31)(H,28,29). The number of carbonyl (C=O) groups is 1. The Balaban J connectivity index is 1.41. The Kier molecular flexibility index (Phi) is 4.77. The number of rotatable bonds is 3. The first-order valence-electron chi connectivity index (χ1n) is 10.5. The molecule has 2 bridgehead atoms. The van der Waals surface area contributed by atoms with Crippen LogP contribution < -0.4 is 5.32 Å². The van der Waals surface area contributed by atoms with Gasteiger partial charge < -0.3 is 10.2 Å². The van der Waals surface area contributed by atoms with Crippen LogP contribution in [-0.4, -0.2) is 46.2 Å². The quantitative estimate of drug-likeness (QED) is 0.641. The van der Waals surface area contributed by atoms with Gasteiger partial charge in [0.1, 0.15) is 0 Å². The maximum absolute atomic E-state index is 13.1. The van der Waals surface area contributed by atoms with E-state index in [0.29, 0.717) is 34.1 Å². The molecule has 162 valence electrons. The molecule has 2 aromatic carbocycles. The van der Waals surface area contributed by atoms with Crippen molar-refractivity contribution in [3.05, 3.63) is 53.7 Å². The molecule has 2 unspecified atom stereocenters. The van der Waals surface area contributed by atoms with Crippen LogP contribution in [0.15, 0.2) is 42.5 Å². The summed E-state index contributed by atoms with van der Waals surface area (Å²) in [5.41, 5.74) is 1.29. The van der Waals surface area contributed by atoms with Gasteiger partial charge in [-0.05, 0) is 68.1 Å². The van der Waals surface area contributed by atoms with Gasteiger partial charge in [0, 0.05) is 23.5 Å². The number of nitrogens with zero attached hydrogens (tertiary/aromatic N) is 2. The fraction of sp³-hybridized carbons (Fsp3) is 0.391. The first-order chi connectivity index (χ1) is 14.8. The molecule has 0 saturated carbocycles. The Morgan fingerprint density at radius 2 is 1.81 bits per heavy atom. The molecule has 2 N–H and O–H groups in total. The molecule has 3 aromatic rings. The highest BCUT2D eigenvalue weighted by Crippen LogP contribution is 2.35. The number of aromatic nitrogens is 2. The molecule has 8 heteroatoms. The third kappa shape index (κ3) is 3.69. The van der Waals surface area contributed by atoms with E-state index in [2.05, 4.69) is 27.5 Å². The van der Waals surface area contributed by atoms with E-state index in [9.17, 15) is 18.0 Å². The van der Waals surface area contributed by atoms with Gasteiger partial charge in [-0.1, -0.05) is 18.2 Å². The summed E-state index contributed by atoms with van der Waals surface area (Å²) in [7, 11) is 2.15. The lowest BCUT2D eigenvalue weighted by atomic mass is 9.97. The number of fused-ring (bicyclic) bond motifs is 3. The molecule has 2 saturated heterocycles. The van der Waals surface area contributed by atoms with Crippen molar-refractivity contribution in [2.75, 3.05) is 7.05 Å². The third-order valence-corrected chi connectivity index (χ3v) is 6.73. The van der Waals surface area contributed by atoms with Gasteiger partial charge in [0.2, 0.25) is 0 Å². The maximum Gasteiger partial charge on any atom is 0.416 e. The van der Waals surface area contributed by atoms with Gasteiger partial charge >= 0.3 is 6.18 Å². The van der Waals surface area contributed by atoms with Crippen LogP contribution in [0.5, 0.6) is 0 Å². The number of piperidine rings is 1. The Labute approximate surface area is 177 Å². The van der Waals surface area contributed by atoms with Crippen molar-refractivity contribution >= 4 is 16.8 Å². The fourth-order valence-corrected chi connectivity index (χ4v) is 5.02. The van der Waals surface area contributed by atoms with Gasteiger partial charge in [-0.3, -0.25) is 9.89 Å². The molecule has 0 aliphatic carbocycles. The van der Waals surface area contributed by atoms with Gasteiger partial charge in [-0.2, -0.15) is 18.3 Å². The van der Waals surface area contributed by atoms with Crippen LogP contribution in [0.1, 0.15) is 41.7 Å². The number of benzene rings is 2. The topological polar surface area (TPSA) is 61.0 Å². The van der Waals surface area contributed by atoms with Crippen molar-refractivity contribution in [2.24, 2.45) is 0 Å². The van der Waals surface area contributed by atoms with Crippen molar-refractivity contribution in [1.29, 1.82) is 0 Å². The molecule has 0 radical (unpaired) electrons. The summed E-state index contributed by atoms with van der Waals surface area (Å²) in [6.45, 7) is 0. The second-order valence-corrected chi connectivity index (χ2v) is 8.60. The minimum absolute atomic E-state index is 0.111. The van der Waals surface area contributed by atoms with E-state index in [1.54, 1.807) is 24.3 Å². The number of hydrogen-bond acceptors (Lipinski definition) is 3. The summed E-state index contributed by atoms with van der Waals surface area (Å²) >= 11 is 0. The van der Waals surface area contributed by atoms with Gasteiger partial charge in [0.05, 0.1) is 11.1 Å². The van der Waals surface area contributed by atoms with E-state index in [4.69, 9.17) is 0 Å². The molecule has 1 amide bonds. The molecule has 3 heterocycles. The molecule has 5 nitrogen and oxygen atoms in total. The highest BCUT2D eigenvalue weighted by molar-refractivity contribution is 6.05. The second-order valence-electron chi connectivity index (χ2n) is 8.60. The molecule has 2 aliphatic heterocycles. The van der Waals surface area contributed by atoms with Crippen LogP contribution >= 0.6 is 0 Å². The molecular formula is C23H23F3N4O. The highest BCUT2D eigenvalue weighted by atomic mass is 19.4. The molecule has 2 fully saturated rings. The average Bonchev–Trinajstić information content (AvgIpc) is 3.24. The Morgan fingerprint density at radius 3 is 2.52 bits per heavy atom. The van der Waals surface area contributed by atoms with Gasteiger partial charge in [-0.25, -0.2) is 0 Å². The smallest absolute Gasteiger partial charge is 0.348 e. The molecule has 0 spiro atoms. The number of nitrogens with one attached hydrogen (secondary N) is 2. The number of halogens is 3. The maximum atomic E-state index is 13.1. The lowest BCUT2D eigenvalue weighted by Crippen LogP contribution is -2.48. The number of hydrogen-bond donors (Lipinski definition) is 2. The lowest BCUT2D eigenvalue weighted by Gasteiger charge is -2.36. The molecule has 2 atom stereocenters. The predicted molar refractivity (Wildman–Crippen MR) is 112 cm³/mol. The van der Waals surface area contributed by atoms with E-state index < -0.39 is 11.7 Å². The zero-order valence-corrected chi connectivity index (χ0v) is 17.0. The number of alkyl halides is 3. The van der Waals surface area contributed by atoms with Crippen LogP contribution in [0, 0.1) is 0 Å². The van der Waals surface area contributed by atoms with Gasteiger partial charge in [-0.15, -0.1) is 0 Å². The van der Waals surface area contributed by atoms with Crippen molar-refractivity contribution < 1.29 is 18.0 Å². The van der Waals surface area contributed by atoms with E-state index >= 15 is 0 Å². The predicted octanol–water partition coefficient (Wildman–Crippen LogP) is 4.60. The van der Waals surface area contributed by atoms with Crippen molar-refractivity contribution in [2.45, 2.75) is 50.0 Å². The minimum atomic E-state index is -4.41. The highest BCUT2D eigenvalue weighted by Gasteiger charge is 2.39. The Morgan fingerprint density at radius 1 is 1.10 bits per heavy atom. The molecule has 1 aromatic heterocycles. The SMILES string of the molecule is CN1C2CCC1CC(NC(=O)c1n[nH]c3ccc(-c4cccc(C(F)(F)F)c4)cc13)C2. The number of H-pyrrole nitrogens is 1. The van der Waals surface area contributed by atoms with Crippen LogP contribution in [0.4, 0.5) is 13.2 Å². The Bertz CT molecular complexity index is 1130. The number of carbonyl (C=O) groups excluding carboxylic acids is 1. The van der Waals surface area contributed by atoms with Crippen molar-refractivity contribution in [3.63, 3.8) is 0 Å². The molecule has 2 aliphatic rings. The first kappa shape index (κ1) is 20.1. The van der Waals surface area contributed by atoms with Crippen LogP contribution in [0.2, 0.25) is 0 Å². The largest absolute Gasteiger partial charge is 0.416 e. The zero-order valence-electron chi connectivity index (χ0n) is 17.0. The average molecular weight is 428 g/mol. The fourth-order valence-electron chi connectivity index (χ4n) is 5.02. The Hall–Kier alpha value is -2.87. The number of aromatic amines is 1.